The summed E-state index contributed by atoms with van der Waals surface area (Å²) in [4.78, 5) is 43.2. The van der Waals surface area contributed by atoms with Gasteiger partial charge in [-0.15, -0.1) is 11.3 Å². The van der Waals surface area contributed by atoms with Gasteiger partial charge in [0.15, 0.2) is 0 Å². The molecule has 8 heteroatoms. The molecule has 172 valence electrons. The summed E-state index contributed by atoms with van der Waals surface area (Å²) < 4.78 is 4.85. The number of aromatic amines is 1. The number of carbonyl (C=O) groups excluding carboxylic acids is 3. The Balaban J connectivity index is 1.28. The van der Waals surface area contributed by atoms with Crippen molar-refractivity contribution in [1.29, 1.82) is 0 Å². The molecule has 0 atom stereocenters. The molecule has 7 nitrogen and oxygen atoms in total. The van der Waals surface area contributed by atoms with Crippen LogP contribution in [0.4, 0.5) is 0 Å². The number of amides is 2. The Morgan fingerprint density at radius 2 is 1.88 bits per heavy atom. The average Bonchev–Trinajstić information content (AvgIpc) is 3.54. The number of ether oxygens (including phenoxy) is 1. The SMILES string of the molecule is COC(=O)c1ccc2[nH]c3c(c2c1)CN(C(=O)c1ccc(CNC(=O)c2cccs2)cc1)CC3. The maximum atomic E-state index is 13.2. The van der Waals surface area contributed by atoms with Crippen molar-refractivity contribution < 1.29 is 19.1 Å². The molecule has 4 aromatic rings. The quantitative estimate of drug-likeness (QED) is 0.426. The standard InChI is InChI=1S/C26H23N3O4S/c1-33-26(32)18-8-9-21-19(13-18)20-15-29(11-10-22(20)28-21)25(31)17-6-4-16(5-7-17)14-27-24(30)23-3-2-12-34-23/h2-9,12-13,28H,10-11,14-15H2,1H3,(H,27,30). The second-order valence-corrected chi connectivity index (χ2v) is 9.12. The first kappa shape index (κ1) is 21.9. The van der Waals surface area contributed by atoms with Gasteiger partial charge >= 0.3 is 5.97 Å². The van der Waals surface area contributed by atoms with E-state index in [9.17, 15) is 14.4 Å². The van der Waals surface area contributed by atoms with Gasteiger partial charge in [0.2, 0.25) is 0 Å². The molecule has 0 unspecified atom stereocenters. The van der Waals surface area contributed by atoms with Crippen LogP contribution in [0.1, 0.15) is 47.2 Å². The van der Waals surface area contributed by atoms with Crippen molar-refractivity contribution in [2.45, 2.75) is 19.5 Å². The number of nitrogens with one attached hydrogen (secondary N) is 2. The van der Waals surface area contributed by atoms with Gasteiger partial charge in [-0.25, -0.2) is 4.79 Å². The largest absolute Gasteiger partial charge is 0.465 e. The van der Waals surface area contributed by atoms with Crippen molar-refractivity contribution in [3.05, 3.63) is 92.8 Å². The lowest BCUT2D eigenvalue weighted by Gasteiger charge is -2.27. The molecule has 2 N–H and O–H groups in total. The second-order valence-electron chi connectivity index (χ2n) is 8.17. The number of methoxy groups -OCH3 is 1. The van der Waals surface area contributed by atoms with Crippen LogP contribution in [0.25, 0.3) is 10.9 Å². The van der Waals surface area contributed by atoms with Crippen LogP contribution in [-0.4, -0.2) is 41.3 Å². The van der Waals surface area contributed by atoms with Gasteiger partial charge < -0.3 is 19.9 Å². The number of benzene rings is 2. The number of carbonyl (C=O) groups is 3. The molecule has 34 heavy (non-hydrogen) atoms. The first-order valence-electron chi connectivity index (χ1n) is 10.9. The number of fused-ring (bicyclic) bond motifs is 3. The van der Waals surface area contributed by atoms with Gasteiger partial charge in [0.25, 0.3) is 11.8 Å². The van der Waals surface area contributed by atoms with Gasteiger partial charge in [-0.1, -0.05) is 18.2 Å². The lowest BCUT2D eigenvalue weighted by atomic mass is 10.0. The molecule has 0 bridgehead atoms. The third kappa shape index (κ3) is 4.20. The second kappa shape index (κ2) is 9.15. The highest BCUT2D eigenvalue weighted by Gasteiger charge is 2.25. The summed E-state index contributed by atoms with van der Waals surface area (Å²) in [6, 6.07) is 16.4. The van der Waals surface area contributed by atoms with Gasteiger partial charge in [0.05, 0.1) is 17.6 Å². The molecular formula is C26H23N3O4S. The highest BCUT2D eigenvalue weighted by atomic mass is 32.1. The first-order valence-corrected chi connectivity index (χ1v) is 11.8. The number of H-pyrrole nitrogens is 1. The lowest BCUT2D eigenvalue weighted by Crippen LogP contribution is -2.35. The zero-order chi connectivity index (χ0) is 23.7. The summed E-state index contributed by atoms with van der Waals surface area (Å²) in [7, 11) is 1.36. The molecule has 2 aromatic carbocycles. The van der Waals surface area contributed by atoms with Crippen LogP contribution < -0.4 is 5.32 Å². The van der Waals surface area contributed by atoms with Crippen LogP contribution in [0.2, 0.25) is 0 Å². The fraction of sp³-hybridized carbons (Fsp3) is 0.192. The molecular weight excluding hydrogens is 450 g/mol. The molecule has 2 amide bonds. The molecule has 2 aromatic heterocycles. The molecule has 1 aliphatic heterocycles. The number of nitrogens with zero attached hydrogens (tertiary/aromatic N) is 1. The van der Waals surface area contributed by atoms with E-state index < -0.39 is 0 Å². The summed E-state index contributed by atoms with van der Waals surface area (Å²) in [6.45, 7) is 1.48. The van der Waals surface area contributed by atoms with Crippen LogP contribution in [0.5, 0.6) is 0 Å². The number of hydrogen-bond donors (Lipinski definition) is 2. The van der Waals surface area contributed by atoms with Crippen molar-refractivity contribution >= 4 is 40.0 Å². The molecule has 5 rings (SSSR count). The third-order valence-electron chi connectivity index (χ3n) is 6.08. The van der Waals surface area contributed by atoms with Gasteiger partial charge in [0, 0.05) is 53.8 Å². The summed E-state index contributed by atoms with van der Waals surface area (Å²) in [5.74, 6) is -0.529. The summed E-state index contributed by atoms with van der Waals surface area (Å²) in [5, 5.41) is 5.70. The number of rotatable bonds is 5. The highest BCUT2D eigenvalue weighted by Crippen LogP contribution is 2.29. The van der Waals surface area contributed by atoms with Crippen LogP contribution in [-0.2, 0) is 24.2 Å². The predicted octanol–water partition coefficient (Wildman–Crippen LogP) is 4.14. The smallest absolute Gasteiger partial charge is 0.337 e. The maximum Gasteiger partial charge on any atom is 0.337 e. The lowest BCUT2D eigenvalue weighted by molar-refractivity contribution is 0.0600. The van der Waals surface area contributed by atoms with Crippen molar-refractivity contribution in [2.24, 2.45) is 0 Å². The number of aromatic nitrogens is 1. The summed E-state index contributed by atoms with van der Waals surface area (Å²) in [6.07, 6.45) is 0.718. The first-order chi connectivity index (χ1) is 16.5. The predicted molar refractivity (Wildman–Crippen MR) is 130 cm³/mol. The zero-order valence-corrected chi connectivity index (χ0v) is 19.4. The van der Waals surface area contributed by atoms with E-state index in [1.54, 1.807) is 24.3 Å². The Hall–Kier alpha value is -3.91. The minimum absolute atomic E-state index is 0.0432. The van der Waals surface area contributed by atoms with Crippen LogP contribution >= 0.6 is 11.3 Å². The van der Waals surface area contributed by atoms with Gasteiger partial charge in [0.1, 0.15) is 0 Å². The zero-order valence-electron chi connectivity index (χ0n) is 18.6. The van der Waals surface area contributed by atoms with Gasteiger partial charge in [-0.3, -0.25) is 9.59 Å². The fourth-order valence-electron chi connectivity index (χ4n) is 4.26. The number of hydrogen-bond acceptors (Lipinski definition) is 5. The topological polar surface area (TPSA) is 91.5 Å². The van der Waals surface area contributed by atoms with Crippen LogP contribution in [0, 0.1) is 0 Å². The molecule has 0 aliphatic carbocycles. The molecule has 3 heterocycles. The Morgan fingerprint density at radius 3 is 2.62 bits per heavy atom. The Morgan fingerprint density at radius 1 is 1.09 bits per heavy atom. The Kier molecular flexibility index (Phi) is 5.90. The van der Waals surface area contributed by atoms with Crippen LogP contribution in [0.3, 0.4) is 0 Å². The molecule has 0 radical (unpaired) electrons. The van der Waals surface area contributed by atoms with E-state index in [4.69, 9.17) is 4.74 Å². The molecule has 0 fully saturated rings. The van der Waals surface area contributed by atoms with E-state index in [1.165, 1.54) is 18.4 Å². The number of esters is 1. The minimum Gasteiger partial charge on any atom is -0.465 e. The van der Waals surface area contributed by atoms with Crippen molar-refractivity contribution in [3.63, 3.8) is 0 Å². The van der Waals surface area contributed by atoms with Gasteiger partial charge in [-0.2, -0.15) is 0 Å². The normalized spacial score (nSPS) is 12.9. The average molecular weight is 474 g/mol. The molecule has 0 spiro atoms. The van der Waals surface area contributed by atoms with Gasteiger partial charge in [-0.05, 0) is 47.3 Å². The van der Waals surface area contributed by atoms with E-state index in [0.29, 0.717) is 35.6 Å². The Bertz CT molecular complexity index is 1370. The van der Waals surface area contributed by atoms with Crippen LogP contribution in [0.15, 0.2) is 60.0 Å². The summed E-state index contributed by atoms with van der Waals surface area (Å²) in [5.41, 5.74) is 5.09. The summed E-state index contributed by atoms with van der Waals surface area (Å²) >= 11 is 1.40. The monoisotopic (exact) mass is 473 g/mol. The third-order valence-corrected chi connectivity index (χ3v) is 6.95. The van der Waals surface area contributed by atoms with Crippen molar-refractivity contribution in [2.75, 3.05) is 13.7 Å². The maximum absolute atomic E-state index is 13.2. The number of thiophene rings is 1. The molecule has 0 saturated carbocycles. The van der Waals surface area contributed by atoms with Crippen molar-refractivity contribution in [1.82, 2.24) is 15.2 Å². The van der Waals surface area contributed by atoms with E-state index >= 15 is 0 Å². The van der Waals surface area contributed by atoms with E-state index in [2.05, 4.69) is 10.3 Å². The minimum atomic E-state index is -0.382. The van der Waals surface area contributed by atoms with Crippen molar-refractivity contribution in [3.8, 4) is 0 Å². The van der Waals surface area contributed by atoms with E-state index in [-0.39, 0.29) is 17.8 Å². The fourth-order valence-corrected chi connectivity index (χ4v) is 4.90. The van der Waals surface area contributed by atoms with E-state index in [1.807, 2.05) is 40.6 Å². The Labute approximate surface area is 200 Å². The molecule has 1 aliphatic rings. The molecule has 0 saturated heterocycles. The highest BCUT2D eigenvalue weighted by molar-refractivity contribution is 7.12. The van der Waals surface area contributed by atoms with E-state index in [0.717, 1.165) is 34.1 Å².